The van der Waals surface area contributed by atoms with Gasteiger partial charge in [-0.25, -0.2) is 9.98 Å². The summed E-state index contributed by atoms with van der Waals surface area (Å²) >= 11 is 0. The summed E-state index contributed by atoms with van der Waals surface area (Å²) in [5, 5.41) is 0. The normalized spacial score (nSPS) is 18.7. The van der Waals surface area contributed by atoms with E-state index in [0.29, 0.717) is 18.2 Å². The monoisotopic (exact) mass is 499 g/mol. The lowest BCUT2D eigenvalue weighted by molar-refractivity contribution is -0.0510. The minimum absolute atomic E-state index is 0.157. The van der Waals surface area contributed by atoms with E-state index in [0.717, 1.165) is 16.7 Å². The van der Waals surface area contributed by atoms with E-state index >= 15 is 0 Å². The van der Waals surface area contributed by atoms with E-state index in [2.05, 4.69) is 21.8 Å². The van der Waals surface area contributed by atoms with Crippen molar-refractivity contribution in [2.45, 2.75) is 30.5 Å². The summed E-state index contributed by atoms with van der Waals surface area (Å²) in [7, 11) is -4.21. The second-order valence-corrected chi connectivity index (χ2v) is 9.07. The number of ether oxygens (including phenoxy) is 3. The lowest BCUT2D eigenvalue weighted by atomic mass is 9.82. The average Bonchev–Trinajstić information content (AvgIpc) is 3.14. The molecule has 2 aliphatic rings. The SMILES string of the molecule is COC(C)(C)C#Cc1cnc2c(c1)[C@]1(COC(N)=N1)c1ccccc1O2.O=S(=O)(O)C(F)(F)F. The lowest BCUT2D eigenvalue weighted by Crippen LogP contribution is -2.31. The number of para-hydroxylation sites is 1. The first kappa shape index (κ1) is 25.3. The Balaban J connectivity index is 0.000000350. The number of alkyl halides is 3. The predicted molar refractivity (Wildman–Crippen MR) is 115 cm³/mol. The Labute approximate surface area is 193 Å². The Morgan fingerprint density at radius 2 is 1.88 bits per heavy atom. The number of aliphatic imine (C=N–C) groups is 1. The molecule has 0 fully saturated rings. The van der Waals surface area contributed by atoms with Crippen LogP contribution in [0.4, 0.5) is 13.2 Å². The third kappa shape index (κ3) is 5.09. The summed E-state index contributed by atoms with van der Waals surface area (Å²) in [5.74, 6) is 7.40. The zero-order chi connectivity index (χ0) is 25.4. The molecule has 0 radical (unpaired) electrons. The number of halogens is 3. The maximum atomic E-state index is 10.7. The van der Waals surface area contributed by atoms with Gasteiger partial charge in [0.25, 0.3) is 6.02 Å². The average molecular weight is 499 g/mol. The molecule has 1 atom stereocenters. The van der Waals surface area contributed by atoms with Crippen molar-refractivity contribution in [2.24, 2.45) is 10.7 Å². The standard InChI is InChI=1S/C20H19N3O3.CHF3O3S/c1-19(2,24-3)9-8-13-10-15-17(22-11-13)26-16-7-5-4-6-14(16)20(15)12-25-18(21)23-20;2-1(3,4)8(5,6)7/h4-7,10-11H,12H2,1-3H3,(H2,21,23);(H,5,6,7)/t20-;/m0./s1. The summed E-state index contributed by atoms with van der Waals surface area (Å²) in [5.41, 5.74) is 1.44. The molecule has 2 aliphatic heterocycles. The Hall–Kier alpha value is -3.34. The van der Waals surface area contributed by atoms with Crippen molar-refractivity contribution >= 4 is 16.1 Å². The number of rotatable bonds is 1. The van der Waals surface area contributed by atoms with Crippen LogP contribution in [-0.2, 0) is 25.1 Å². The van der Waals surface area contributed by atoms with Crippen molar-refractivity contribution in [3.05, 3.63) is 53.2 Å². The second kappa shape index (κ2) is 8.79. The molecular formula is C21H20F3N3O6S. The number of benzene rings is 1. The van der Waals surface area contributed by atoms with Gasteiger partial charge in [0.05, 0.1) is 5.56 Å². The van der Waals surface area contributed by atoms with Gasteiger partial charge in [0.15, 0.2) is 5.54 Å². The first-order valence-electron chi connectivity index (χ1n) is 9.57. The number of fused-ring (bicyclic) bond motifs is 4. The molecule has 2 aromatic rings. The highest BCUT2D eigenvalue weighted by molar-refractivity contribution is 7.86. The van der Waals surface area contributed by atoms with E-state index in [1.54, 1.807) is 13.3 Å². The molecule has 0 unspecified atom stereocenters. The third-order valence-electron chi connectivity index (χ3n) is 4.88. The van der Waals surface area contributed by atoms with Crippen LogP contribution in [0, 0.1) is 11.8 Å². The summed E-state index contributed by atoms with van der Waals surface area (Å²) < 4.78 is 74.4. The lowest BCUT2D eigenvalue weighted by Gasteiger charge is -2.32. The van der Waals surface area contributed by atoms with Gasteiger partial charge in [0.1, 0.15) is 18.0 Å². The van der Waals surface area contributed by atoms with Crippen molar-refractivity contribution in [3.63, 3.8) is 0 Å². The molecule has 0 bridgehead atoms. The van der Waals surface area contributed by atoms with Crippen LogP contribution in [0.1, 0.15) is 30.5 Å². The molecule has 9 nitrogen and oxygen atoms in total. The largest absolute Gasteiger partial charge is 0.522 e. The minimum atomic E-state index is -5.84. The number of hydrogen-bond acceptors (Lipinski definition) is 8. The van der Waals surface area contributed by atoms with Gasteiger partial charge in [0.2, 0.25) is 5.88 Å². The number of nitrogens with two attached hydrogens (primary N) is 1. The number of pyridine rings is 1. The van der Waals surface area contributed by atoms with E-state index in [-0.39, 0.29) is 6.02 Å². The molecule has 13 heteroatoms. The highest BCUT2D eigenvalue weighted by Crippen LogP contribution is 2.49. The molecule has 1 spiro atoms. The van der Waals surface area contributed by atoms with Crippen LogP contribution in [0.5, 0.6) is 11.6 Å². The summed E-state index contributed by atoms with van der Waals surface area (Å²) in [6.45, 7) is 4.11. The molecule has 1 aromatic heterocycles. The van der Waals surface area contributed by atoms with E-state index in [1.165, 1.54) is 0 Å². The van der Waals surface area contributed by atoms with Crippen molar-refractivity contribution in [1.29, 1.82) is 0 Å². The zero-order valence-electron chi connectivity index (χ0n) is 18.2. The number of hydrogen-bond donors (Lipinski definition) is 2. The Kier molecular flexibility index (Phi) is 6.53. The zero-order valence-corrected chi connectivity index (χ0v) is 19.0. The molecule has 0 amide bonds. The van der Waals surface area contributed by atoms with Crippen LogP contribution < -0.4 is 10.5 Å². The van der Waals surface area contributed by atoms with Gasteiger partial charge in [-0.1, -0.05) is 30.0 Å². The van der Waals surface area contributed by atoms with Crippen LogP contribution in [-0.4, -0.2) is 48.8 Å². The molecule has 3 heterocycles. The fraction of sp³-hybridized carbons (Fsp3) is 0.333. The summed E-state index contributed by atoms with van der Waals surface area (Å²) in [4.78, 5) is 9.07. The Morgan fingerprint density at radius 1 is 1.24 bits per heavy atom. The highest BCUT2D eigenvalue weighted by Gasteiger charge is 2.47. The van der Waals surface area contributed by atoms with E-state index < -0.39 is 26.8 Å². The van der Waals surface area contributed by atoms with Gasteiger partial charge >= 0.3 is 15.6 Å². The van der Waals surface area contributed by atoms with Crippen LogP contribution in [0.3, 0.4) is 0 Å². The molecule has 0 aliphatic carbocycles. The van der Waals surface area contributed by atoms with Crippen LogP contribution in [0.2, 0.25) is 0 Å². The molecule has 0 saturated heterocycles. The molecule has 4 rings (SSSR count). The maximum Gasteiger partial charge on any atom is 0.522 e. The number of methoxy groups -OCH3 is 1. The number of amidine groups is 1. The third-order valence-corrected chi connectivity index (χ3v) is 5.46. The highest BCUT2D eigenvalue weighted by atomic mass is 32.2. The molecule has 3 N–H and O–H groups in total. The van der Waals surface area contributed by atoms with Crippen LogP contribution >= 0.6 is 0 Å². The molecular weight excluding hydrogens is 479 g/mol. The summed E-state index contributed by atoms with van der Waals surface area (Å²) in [6.07, 6.45) is 1.68. The van der Waals surface area contributed by atoms with Gasteiger partial charge in [0, 0.05) is 24.4 Å². The van der Waals surface area contributed by atoms with Gasteiger partial charge in [-0.05, 0) is 26.0 Å². The first-order valence-corrected chi connectivity index (χ1v) is 11.0. The smallest absolute Gasteiger partial charge is 0.462 e. The van der Waals surface area contributed by atoms with Gasteiger partial charge in [-0.2, -0.15) is 21.6 Å². The fourth-order valence-electron chi connectivity index (χ4n) is 3.03. The van der Waals surface area contributed by atoms with E-state index in [9.17, 15) is 13.2 Å². The van der Waals surface area contributed by atoms with Crippen LogP contribution in [0.25, 0.3) is 0 Å². The fourth-order valence-corrected chi connectivity index (χ4v) is 3.03. The number of nitrogens with zero attached hydrogens (tertiary/aromatic N) is 2. The molecule has 182 valence electrons. The van der Waals surface area contributed by atoms with Crippen LogP contribution in [0.15, 0.2) is 41.5 Å². The Bertz CT molecular complexity index is 1300. The second-order valence-electron chi connectivity index (χ2n) is 7.66. The van der Waals surface area contributed by atoms with Crippen molar-refractivity contribution in [2.75, 3.05) is 13.7 Å². The predicted octanol–water partition coefficient (Wildman–Crippen LogP) is 2.95. The minimum Gasteiger partial charge on any atom is -0.462 e. The van der Waals surface area contributed by atoms with E-state index in [1.807, 2.05) is 44.2 Å². The van der Waals surface area contributed by atoms with Crippen molar-refractivity contribution in [3.8, 4) is 23.5 Å². The van der Waals surface area contributed by atoms with Crippen molar-refractivity contribution in [1.82, 2.24) is 4.98 Å². The molecule has 34 heavy (non-hydrogen) atoms. The van der Waals surface area contributed by atoms with E-state index in [4.69, 9.17) is 32.9 Å². The maximum absolute atomic E-state index is 10.7. The quantitative estimate of drug-likeness (QED) is 0.348. The van der Waals surface area contributed by atoms with Gasteiger partial charge in [-0.15, -0.1) is 0 Å². The van der Waals surface area contributed by atoms with Gasteiger partial charge < -0.3 is 19.9 Å². The van der Waals surface area contributed by atoms with Gasteiger partial charge in [-0.3, -0.25) is 4.55 Å². The topological polar surface area (TPSA) is 133 Å². The Morgan fingerprint density at radius 3 is 2.44 bits per heavy atom. The summed E-state index contributed by atoms with van der Waals surface area (Å²) in [6, 6.07) is 9.80. The first-order chi connectivity index (χ1) is 15.7. The molecule has 0 saturated carbocycles. The van der Waals surface area contributed by atoms with Crippen molar-refractivity contribution < 1.29 is 40.4 Å². The number of aromatic nitrogens is 1. The molecule has 1 aromatic carbocycles.